The fraction of sp³-hybridized carbons (Fsp3) is 0.536. The minimum atomic E-state index is -0.394. The van der Waals surface area contributed by atoms with Gasteiger partial charge in [-0.05, 0) is 62.9 Å². The Hall–Kier alpha value is -2.37. The number of ether oxygens (including phenoxy) is 2. The van der Waals surface area contributed by atoms with Crippen molar-refractivity contribution in [3.05, 3.63) is 65.2 Å². The van der Waals surface area contributed by atoms with Crippen molar-refractivity contribution in [2.45, 2.75) is 63.5 Å². The van der Waals surface area contributed by atoms with Gasteiger partial charge in [-0.1, -0.05) is 54.8 Å². The second kappa shape index (κ2) is 11.2. The predicted molar refractivity (Wildman–Crippen MR) is 132 cm³/mol. The first kappa shape index (κ1) is 23.8. The highest BCUT2D eigenvalue weighted by Gasteiger charge is 2.42. The smallest absolute Gasteiger partial charge is 0.230 e. The van der Waals surface area contributed by atoms with Crippen molar-refractivity contribution in [1.82, 2.24) is 10.2 Å². The SMILES string of the molecule is Cc1cccc(C2(C(=O)NCc3cccc(OCCN(C)C4CCOCC4)c3)CCCC2)c1. The zero-order valence-electron chi connectivity index (χ0n) is 20.1. The molecule has 1 saturated carbocycles. The highest BCUT2D eigenvalue weighted by molar-refractivity contribution is 5.88. The summed E-state index contributed by atoms with van der Waals surface area (Å²) in [6, 6.07) is 17.1. The molecule has 2 aromatic carbocycles. The second-order valence-corrected chi connectivity index (χ2v) is 9.66. The van der Waals surface area contributed by atoms with Gasteiger partial charge in [0.1, 0.15) is 12.4 Å². The number of nitrogens with zero attached hydrogens (tertiary/aromatic N) is 1. The number of nitrogens with one attached hydrogen (secondary N) is 1. The van der Waals surface area contributed by atoms with Crippen molar-refractivity contribution < 1.29 is 14.3 Å². The normalized spacial score (nSPS) is 18.4. The molecule has 0 atom stereocenters. The van der Waals surface area contributed by atoms with Gasteiger partial charge in [0, 0.05) is 32.3 Å². The Morgan fingerprint density at radius 2 is 1.88 bits per heavy atom. The zero-order valence-corrected chi connectivity index (χ0v) is 20.1. The number of hydrogen-bond donors (Lipinski definition) is 1. The second-order valence-electron chi connectivity index (χ2n) is 9.66. The molecule has 2 aliphatic rings. The molecule has 1 saturated heterocycles. The molecular weight excluding hydrogens is 412 g/mol. The first-order valence-corrected chi connectivity index (χ1v) is 12.4. The van der Waals surface area contributed by atoms with Crippen molar-refractivity contribution in [2.24, 2.45) is 0 Å². The lowest BCUT2D eigenvalue weighted by atomic mass is 9.77. The van der Waals surface area contributed by atoms with Crippen molar-refractivity contribution in [3.63, 3.8) is 0 Å². The highest BCUT2D eigenvalue weighted by atomic mass is 16.5. The zero-order chi connectivity index (χ0) is 23.1. The van der Waals surface area contributed by atoms with Crippen LogP contribution in [-0.2, 0) is 21.5 Å². The Bertz CT molecular complexity index is 917. The number of rotatable bonds is 9. The molecule has 0 bridgehead atoms. The molecule has 5 nitrogen and oxygen atoms in total. The topological polar surface area (TPSA) is 50.8 Å². The summed E-state index contributed by atoms with van der Waals surface area (Å²) in [4.78, 5) is 15.8. The molecule has 5 heteroatoms. The number of amides is 1. The summed E-state index contributed by atoms with van der Waals surface area (Å²) in [5.74, 6) is 1.01. The molecule has 0 spiro atoms. The standard InChI is InChI=1S/C28H38N2O3/c1-22-7-5-9-24(19-22)28(13-3-4-14-28)27(31)29-21-23-8-6-10-26(20-23)33-18-15-30(2)25-11-16-32-17-12-25/h5-10,19-20,25H,3-4,11-18,21H2,1-2H3,(H,29,31). The van der Waals surface area contributed by atoms with Gasteiger partial charge in [0.05, 0.1) is 5.41 Å². The maximum Gasteiger partial charge on any atom is 0.230 e. The molecule has 1 heterocycles. The minimum absolute atomic E-state index is 0.148. The van der Waals surface area contributed by atoms with E-state index in [1.165, 1.54) is 5.56 Å². The van der Waals surface area contributed by atoms with E-state index in [2.05, 4.69) is 54.5 Å². The summed E-state index contributed by atoms with van der Waals surface area (Å²) in [6.45, 7) is 5.87. The molecule has 2 aromatic rings. The molecule has 1 aliphatic heterocycles. The monoisotopic (exact) mass is 450 g/mol. The number of aryl methyl sites for hydroxylation is 1. The minimum Gasteiger partial charge on any atom is -0.492 e. The van der Waals surface area contributed by atoms with E-state index in [0.717, 1.165) is 75.2 Å². The summed E-state index contributed by atoms with van der Waals surface area (Å²) in [7, 11) is 2.17. The maximum absolute atomic E-state index is 13.4. The van der Waals surface area contributed by atoms with E-state index in [4.69, 9.17) is 9.47 Å². The first-order chi connectivity index (χ1) is 16.1. The Balaban J connectivity index is 1.31. The number of hydrogen-bond acceptors (Lipinski definition) is 4. The third-order valence-corrected chi connectivity index (χ3v) is 7.34. The number of benzene rings is 2. The molecule has 0 unspecified atom stereocenters. The number of carbonyl (C=O) groups is 1. The molecule has 2 fully saturated rings. The fourth-order valence-corrected chi connectivity index (χ4v) is 5.28. The highest BCUT2D eigenvalue weighted by Crippen LogP contribution is 2.41. The third-order valence-electron chi connectivity index (χ3n) is 7.34. The summed E-state index contributed by atoms with van der Waals surface area (Å²) < 4.78 is 11.5. The average Bonchev–Trinajstić information content (AvgIpc) is 3.35. The van der Waals surface area contributed by atoms with Crippen LogP contribution in [0.1, 0.15) is 55.2 Å². The molecule has 1 N–H and O–H groups in total. The largest absolute Gasteiger partial charge is 0.492 e. The summed E-state index contributed by atoms with van der Waals surface area (Å²) in [6.07, 6.45) is 6.24. The Morgan fingerprint density at radius 3 is 2.64 bits per heavy atom. The van der Waals surface area contributed by atoms with Crippen LogP contribution in [0.15, 0.2) is 48.5 Å². The molecule has 4 rings (SSSR count). The Kier molecular flexibility index (Phi) is 8.05. The summed E-state index contributed by atoms with van der Waals surface area (Å²) >= 11 is 0. The average molecular weight is 451 g/mol. The predicted octanol–water partition coefficient (Wildman–Crippen LogP) is 4.61. The Labute approximate surface area is 198 Å². The molecule has 0 aromatic heterocycles. The van der Waals surface area contributed by atoms with Crippen LogP contribution in [0.25, 0.3) is 0 Å². The van der Waals surface area contributed by atoms with E-state index >= 15 is 0 Å². The van der Waals surface area contributed by atoms with Crippen molar-refractivity contribution >= 4 is 5.91 Å². The molecule has 33 heavy (non-hydrogen) atoms. The Morgan fingerprint density at radius 1 is 1.12 bits per heavy atom. The molecular formula is C28H38N2O3. The van der Waals surface area contributed by atoms with Crippen LogP contribution in [0.2, 0.25) is 0 Å². The summed E-state index contributed by atoms with van der Waals surface area (Å²) in [5, 5.41) is 3.23. The van der Waals surface area contributed by atoms with Gasteiger partial charge in [0.2, 0.25) is 5.91 Å². The summed E-state index contributed by atoms with van der Waals surface area (Å²) in [5.41, 5.74) is 3.03. The van der Waals surface area contributed by atoms with Gasteiger partial charge in [-0.3, -0.25) is 9.69 Å². The van der Waals surface area contributed by atoms with Crippen LogP contribution in [-0.4, -0.2) is 50.3 Å². The van der Waals surface area contributed by atoms with Crippen LogP contribution in [0, 0.1) is 6.92 Å². The lowest BCUT2D eigenvalue weighted by Gasteiger charge is -2.31. The lowest BCUT2D eigenvalue weighted by Crippen LogP contribution is -2.42. The van der Waals surface area contributed by atoms with E-state index in [0.29, 0.717) is 19.2 Å². The van der Waals surface area contributed by atoms with Gasteiger partial charge in [0.25, 0.3) is 0 Å². The van der Waals surface area contributed by atoms with Gasteiger partial charge in [0.15, 0.2) is 0 Å². The van der Waals surface area contributed by atoms with E-state index in [-0.39, 0.29) is 5.91 Å². The van der Waals surface area contributed by atoms with Gasteiger partial charge < -0.3 is 14.8 Å². The maximum atomic E-state index is 13.4. The first-order valence-electron chi connectivity index (χ1n) is 12.4. The van der Waals surface area contributed by atoms with Crippen LogP contribution < -0.4 is 10.1 Å². The van der Waals surface area contributed by atoms with Crippen molar-refractivity contribution in [1.29, 1.82) is 0 Å². The fourth-order valence-electron chi connectivity index (χ4n) is 5.28. The number of carbonyl (C=O) groups excluding carboxylic acids is 1. The molecule has 0 radical (unpaired) electrons. The van der Waals surface area contributed by atoms with Crippen LogP contribution in [0.5, 0.6) is 5.75 Å². The van der Waals surface area contributed by atoms with Crippen LogP contribution in [0.3, 0.4) is 0 Å². The quantitative estimate of drug-likeness (QED) is 0.606. The number of likely N-dealkylation sites (N-methyl/N-ethyl adjacent to an activating group) is 1. The van der Waals surface area contributed by atoms with Crippen LogP contribution in [0.4, 0.5) is 0 Å². The van der Waals surface area contributed by atoms with Gasteiger partial charge >= 0.3 is 0 Å². The third kappa shape index (κ3) is 5.96. The molecule has 178 valence electrons. The van der Waals surface area contributed by atoms with Gasteiger partial charge in [-0.15, -0.1) is 0 Å². The molecule has 1 aliphatic carbocycles. The van der Waals surface area contributed by atoms with E-state index < -0.39 is 5.41 Å². The lowest BCUT2D eigenvalue weighted by molar-refractivity contribution is -0.126. The van der Waals surface area contributed by atoms with E-state index in [9.17, 15) is 4.79 Å². The van der Waals surface area contributed by atoms with Gasteiger partial charge in [-0.25, -0.2) is 0 Å². The van der Waals surface area contributed by atoms with E-state index in [1.807, 2.05) is 18.2 Å². The van der Waals surface area contributed by atoms with E-state index in [1.54, 1.807) is 0 Å². The van der Waals surface area contributed by atoms with Crippen LogP contribution >= 0.6 is 0 Å². The van der Waals surface area contributed by atoms with Crippen molar-refractivity contribution in [2.75, 3.05) is 33.4 Å². The van der Waals surface area contributed by atoms with Crippen molar-refractivity contribution in [3.8, 4) is 5.75 Å². The molecule has 1 amide bonds. The van der Waals surface area contributed by atoms with Gasteiger partial charge in [-0.2, -0.15) is 0 Å².